The molecule has 9 rings (SSSR count). The summed E-state index contributed by atoms with van der Waals surface area (Å²) in [6, 6.07) is 12.3. The number of hydrogen-bond acceptors (Lipinski definition) is 15. The number of nitrogens with zero attached hydrogens (tertiary/aromatic N) is 10. The number of aromatic nitrogens is 4. The molecule has 3 amide bonds. The van der Waals surface area contributed by atoms with Gasteiger partial charge in [-0.15, -0.1) is 0 Å². The van der Waals surface area contributed by atoms with Gasteiger partial charge in [0.05, 0.1) is 35.1 Å². The minimum absolute atomic E-state index is 0.0722. The molecular formula is C54H70ClN13O5. The van der Waals surface area contributed by atoms with Crippen LogP contribution < -0.4 is 40.1 Å². The molecule has 0 unspecified atom stereocenters. The van der Waals surface area contributed by atoms with Crippen LogP contribution in [0, 0.1) is 28.1 Å². The van der Waals surface area contributed by atoms with Gasteiger partial charge in [0.1, 0.15) is 35.4 Å². The van der Waals surface area contributed by atoms with Crippen molar-refractivity contribution in [1.82, 2.24) is 40.4 Å². The number of nitriles is 1. The molecule has 1 atom stereocenters. The van der Waals surface area contributed by atoms with Crippen molar-refractivity contribution in [2.45, 2.75) is 104 Å². The highest BCUT2D eigenvalue weighted by atomic mass is 35.5. The van der Waals surface area contributed by atoms with Crippen molar-refractivity contribution in [3.05, 3.63) is 76.7 Å². The fourth-order valence-corrected chi connectivity index (χ4v) is 12.4. The predicted molar refractivity (Wildman–Crippen MR) is 282 cm³/mol. The van der Waals surface area contributed by atoms with E-state index in [1.165, 1.54) is 0 Å². The molecule has 5 heterocycles. The maximum Gasteiger partial charge on any atom is 0.254 e. The Morgan fingerprint density at radius 2 is 1.58 bits per heavy atom. The van der Waals surface area contributed by atoms with Crippen molar-refractivity contribution in [3.63, 3.8) is 0 Å². The first-order valence-corrected chi connectivity index (χ1v) is 26.3. The highest BCUT2D eigenvalue weighted by Crippen LogP contribution is 2.55. The number of likely N-dealkylation sites (N-methyl/N-ethyl adjacent to an activating group) is 1. The fourth-order valence-electron chi connectivity index (χ4n) is 12.2. The van der Waals surface area contributed by atoms with E-state index in [4.69, 9.17) is 26.1 Å². The van der Waals surface area contributed by atoms with E-state index in [9.17, 15) is 19.6 Å². The molecule has 2 saturated heterocycles. The number of carbonyl (C=O) groups is 3. The monoisotopic (exact) mass is 1020 g/mol. The first-order chi connectivity index (χ1) is 35.1. The van der Waals surface area contributed by atoms with Gasteiger partial charge in [-0.25, -0.2) is 15.0 Å². The number of rotatable bonds is 16. The summed E-state index contributed by atoms with van der Waals surface area (Å²) in [7, 11) is 3.37. The van der Waals surface area contributed by atoms with Gasteiger partial charge in [-0.3, -0.25) is 19.3 Å². The molecule has 0 radical (unpaired) electrons. The largest absolute Gasteiger partial charge is 0.495 e. The van der Waals surface area contributed by atoms with E-state index in [1.54, 1.807) is 68.0 Å². The van der Waals surface area contributed by atoms with E-state index >= 15 is 0 Å². The zero-order valence-electron chi connectivity index (χ0n) is 43.3. The SMILES string of the molecule is CC[C@@H]1C(=O)N(C)c2cnc(Nc3ccc(C(=O)NCCN4CCN(CC5CCN(c6ncc(C(=O)NC7C(C)(C)C(Oc8ccc(C#N)c(Cl)c8)C7(C)C)cn6)CC5)CC4)cc3OC)nc2N1C1CCCC1. The number of methoxy groups -OCH3 is 1. The molecule has 0 spiro atoms. The van der Waals surface area contributed by atoms with Crippen molar-refractivity contribution in [2.24, 2.45) is 16.7 Å². The number of benzene rings is 2. The third-order valence-electron chi connectivity index (χ3n) is 16.0. The third-order valence-corrected chi connectivity index (χ3v) is 16.4. The average molecular weight is 1020 g/mol. The van der Waals surface area contributed by atoms with Crippen molar-refractivity contribution in [3.8, 4) is 17.6 Å². The summed E-state index contributed by atoms with van der Waals surface area (Å²) >= 11 is 6.27. The van der Waals surface area contributed by atoms with E-state index < -0.39 is 0 Å². The van der Waals surface area contributed by atoms with Gasteiger partial charge in [0.2, 0.25) is 17.8 Å². The lowest BCUT2D eigenvalue weighted by atomic mass is 9.49. The summed E-state index contributed by atoms with van der Waals surface area (Å²) < 4.78 is 12.1. The van der Waals surface area contributed by atoms with Gasteiger partial charge in [0, 0.05) is 113 Å². The van der Waals surface area contributed by atoms with Gasteiger partial charge in [-0.1, -0.05) is 59.1 Å². The van der Waals surface area contributed by atoms with E-state index in [-0.39, 0.29) is 52.8 Å². The molecule has 2 aromatic heterocycles. The maximum atomic E-state index is 13.5. The summed E-state index contributed by atoms with van der Waals surface area (Å²) in [5.41, 5.74) is 1.89. The third kappa shape index (κ3) is 10.7. The maximum absolute atomic E-state index is 13.5. The lowest BCUT2D eigenvalue weighted by Crippen LogP contribution is -2.74. The number of amides is 3. The Kier molecular flexibility index (Phi) is 15.3. The van der Waals surface area contributed by atoms with Crippen LogP contribution >= 0.6 is 11.6 Å². The van der Waals surface area contributed by atoms with E-state index in [0.717, 1.165) is 96.7 Å². The normalized spacial score (nSPS) is 22.3. The second kappa shape index (κ2) is 21.7. The molecule has 3 aliphatic heterocycles. The molecule has 19 heteroatoms. The first-order valence-electron chi connectivity index (χ1n) is 25.9. The number of nitrogens with one attached hydrogen (secondary N) is 3. The molecule has 5 aliphatic rings. The summed E-state index contributed by atoms with van der Waals surface area (Å²) in [6.07, 6.45) is 11.9. The number of carbonyl (C=O) groups excluding carboxylic acids is 3. The second-order valence-electron chi connectivity index (χ2n) is 21.5. The van der Waals surface area contributed by atoms with Crippen LogP contribution in [-0.2, 0) is 4.79 Å². The number of piperazine rings is 1. The fraction of sp³-hybridized carbons (Fsp3) is 0.556. The number of anilines is 5. The molecule has 2 saturated carbocycles. The standard InChI is InChI=1S/C54H70ClN13O5/c1-8-42-48(71)64(6)43-32-58-51(62-45(43)68(42)38-11-9-10-12-38)61-41-16-14-35(27-44(41)72-7)46(69)57-19-22-65-23-25-66(26-24-65)33-34-17-20-67(21-18-34)52-59-30-37(31-60-52)47(70)63-49-53(2,3)50(54(49,4)5)73-39-15-13-36(29-56)40(55)28-39/h13-16,27-28,30-32,34,38,42,49-50H,8-12,17-26,33H2,1-7H3,(H,57,69)(H,63,70)(H,58,61,62)/t42-,49?,50?/m1/s1. The number of fused-ring (bicyclic) bond motifs is 1. The van der Waals surface area contributed by atoms with E-state index in [1.807, 2.05) is 6.07 Å². The van der Waals surface area contributed by atoms with Crippen LogP contribution in [0.4, 0.5) is 29.1 Å². The number of ether oxygens (including phenoxy) is 2. The quantitative estimate of drug-likeness (QED) is 0.104. The van der Waals surface area contributed by atoms with Gasteiger partial charge in [-0.05, 0) is 68.4 Å². The second-order valence-corrected chi connectivity index (χ2v) is 21.9. The Balaban J connectivity index is 0.686. The van der Waals surface area contributed by atoms with Crippen molar-refractivity contribution in [1.29, 1.82) is 5.26 Å². The Bertz CT molecular complexity index is 2680. The number of hydrogen-bond donors (Lipinski definition) is 3. The summed E-state index contributed by atoms with van der Waals surface area (Å²) in [5, 5.41) is 19.2. The Morgan fingerprint density at radius 1 is 0.877 bits per heavy atom. The highest BCUT2D eigenvalue weighted by Gasteiger charge is 2.64. The summed E-state index contributed by atoms with van der Waals surface area (Å²) in [5.74, 6) is 3.17. The zero-order valence-corrected chi connectivity index (χ0v) is 44.0. The van der Waals surface area contributed by atoms with Gasteiger partial charge in [0.25, 0.3) is 11.8 Å². The minimum atomic E-state index is -0.384. The van der Waals surface area contributed by atoms with E-state index in [2.05, 4.69) is 91.2 Å². The molecule has 4 fully saturated rings. The molecule has 73 heavy (non-hydrogen) atoms. The van der Waals surface area contributed by atoms with Crippen LogP contribution in [0.25, 0.3) is 0 Å². The van der Waals surface area contributed by atoms with Crippen LogP contribution in [0.1, 0.15) is 106 Å². The van der Waals surface area contributed by atoms with Gasteiger partial charge in [0.15, 0.2) is 5.82 Å². The van der Waals surface area contributed by atoms with Crippen LogP contribution in [0.15, 0.2) is 55.0 Å². The van der Waals surface area contributed by atoms with Crippen LogP contribution in [0.3, 0.4) is 0 Å². The lowest BCUT2D eigenvalue weighted by molar-refractivity contribution is -0.164. The molecule has 2 aliphatic carbocycles. The molecule has 4 aromatic rings. The molecular weight excluding hydrogens is 946 g/mol. The number of piperidine rings is 1. The van der Waals surface area contributed by atoms with Gasteiger partial charge >= 0.3 is 0 Å². The molecule has 0 bridgehead atoms. The molecule has 3 N–H and O–H groups in total. The molecule has 18 nitrogen and oxygen atoms in total. The Labute approximate surface area is 434 Å². The zero-order chi connectivity index (χ0) is 51.6. The summed E-state index contributed by atoms with van der Waals surface area (Å²) in [4.78, 5) is 70.0. The highest BCUT2D eigenvalue weighted by molar-refractivity contribution is 6.31. The lowest BCUT2D eigenvalue weighted by Gasteiger charge is -2.63. The van der Waals surface area contributed by atoms with Crippen LogP contribution in [0.2, 0.25) is 5.02 Å². The van der Waals surface area contributed by atoms with Crippen molar-refractivity contribution >= 4 is 58.4 Å². The molecule has 388 valence electrons. The van der Waals surface area contributed by atoms with Gasteiger partial charge < -0.3 is 45.0 Å². The molecule has 2 aromatic carbocycles. The minimum Gasteiger partial charge on any atom is -0.495 e. The van der Waals surface area contributed by atoms with Crippen molar-refractivity contribution < 1.29 is 23.9 Å². The predicted octanol–water partition coefficient (Wildman–Crippen LogP) is 6.92. The summed E-state index contributed by atoms with van der Waals surface area (Å²) in [6.45, 7) is 18.3. The van der Waals surface area contributed by atoms with Gasteiger partial charge in [-0.2, -0.15) is 10.2 Å². The Morgan fingerprint density at radius 3 is 2.23 bits per heavy atom. The van der Waals surface area contributed by atoms with E-state index in [0.29, 0.717) is 75.4 Å². The first kappa shape index (κ1) is 51.6. The van der Waals surface area contributed by atoms with Crippen molar-refractivity contribution in [2.75, 3.05) is 93.1 Å². The topological polar surface area (TPSA) is 197 Å². The van der Waals surface area contributed by atoms with Crippen LogP contribution in [0.5, 0.6) is 11.5 Å². The average Bonchev–Trinajstić information content (AvgIpc) is 3.93. The number of halogens is 1. The Hall–Kier alpha value is -6.29. The van der Waals surface area contributed by atoms with Crippen LogP contribution in [-0.4, -0.2) is 145 Å². The smallest absolute Gasteiger partial charge is 0.254 e.